The summed E-state index contributed by atoms with van der Waals surface area (Å²) < 4.78 is 36.2. The highest BCUT2D eigenvalue weighted by molar-refractivity contribution is 7.09. The van der Waals surface area contributed by atoms with E-state index in [1.165, 1.54) is 40.2 Å². The number of carbonyl (C=O) groups is 2. The van der Waals surface area contributed by atoms with Crippen molar-refractivity contribution in [3.8, 4) is 22.8 Å². The summed E-state index contributed by atoms with van der Waals surface area (Å²) in [4.78, 5) is 41.0. The lowest BCUT2D eigenvalue weighted by molar-refractivity contribution is 0.0800. The Hall–Kier alpha value is -5.48. The number of aromatic nitrogens is 5. The van der Waals surface area contributed by atoms with Crippen molar-refractivity contribution in [2.45, 2.75) is 51.7 Å². The third-order valence-corrected chi connectivity index (χ3v) is 11.7. The molecule has 2 aliphatic rings. The zero-order valence-electron chi connectivity index (χ0n) is 31.5. The van der Waals surface area contributed by atoms with Crippen molar-refractivity contribution in [1.29, 1.82) is 0 Å². The van der Waals surface area contributed by atoms with E-state index in [0.29, 0.717) is 56.1 Å². The van der Waals surface area contributed by atoms with Crippen molar-refractivity contribution >= 4 is 45.8 Å². The van der Waals surface area contributed by atoms with E-state index in [-0.39, 0.29) is 24.6 Å². The van der Waals surface area contributed by atoms with Gasteiger partial charge >= 0.3 is 12.2 Å². The van der Waals surface area contributed by atoms with E-state index in [9.17, 15) is 14.0 Å². The van der Waals surface area contributed by atoms with E-state index in [4.69, 9.17) is 18.9 Å². The first-order valence-electron chi connectivity index (χ1n) is 19.2. The summed E-state index contributed by atoms with van der Waals surface area (Å²) >= 11 is 2.97. The lowest BCUT2D eigenvalue weighted by Crippen LogP contribution is -2.39. The molecule has 0 atom stereocenters. The Bertz CT molecular complexity index is 2110. The number of amides is 2. The maximum Gasteiger partial charge on any atom is 0.410 e. The Morgan fingerprint density at radius 3 is 1.98 bits per heavy atom. The Morgan fingerprint density at radius 1 is 0.772 bits per heavy atom. The van der Waals surface area contributed by atoms with E-state index < -0.39 is 0 Å². The fraction of sp³-hybridized carbons (Fsp3) is 0.390. The van der Waals surface area contributed by atoms with Crippen LogP contribution in [0.5, 0.6) is 11.5 Å². The molecule has 57 heavy (non-hydrogen) atoms. The maximum absolute atomic E-state index is 13.7. The van der Waals surface area contributed by atoms with Crippen LogP contribution in [0.3, 0.4) is 0 Å². The number of likely N-dealkylation sites (tertiary alicyclic amines) is 2. The number of ether oxygens (including phenoxy) is 4. The van der Waals surface area contributed by atoms with Crippen LogP contribution in [0.4, 0.5) is 14.0 Å². The maximum atomic E-state index is 13.7. The molecule has 4 aromatic heterocycles. The van der Waals surface area contributed by atoms with E-state index in [0.717, 1.165) is 78.3 Å². The van der Waals surface area contributed by atoms with Gasteiger partial charge in [0.1, 0.15) is 30.5 Å². The van der Waals surface area contributed by atoms with Crippen molar-refractivity contribution in [3.63, 3.8) is 0 Å². The van der Waals surface area contributed by atoms with Gasteiger partial charge in [-0.3, -0.25) is 15.1 Å². The average molecular weight is 816 g/mol. The van der Waals surface area contributed by atoms with Gasteiger partial charge in [-0.2, -0.15) is 5.10 Å². The molecule has 2 aromatic carbocycles. The minimum atomic E-state index is -0.318. The van der Waals surface area contributed by atoms with Gasteiger partial charge in [0.25, 0.3) is 0 Å². The lowest BCUT2D eigenvalue weighted by atomic mass is 9.94. The summed E-state index contributed by atoms with van der Waals surface area (Å²) in [6.45, 7) is 4.68. The molecular formula is C41H46FN7O6S2. The third-order valence-electron chi connectivity index (χ3n) is 10.2. The van der Waals surface area contributed by atoms with Crippen LogP contribution in [0.15, 0.2) is 84.3 Å². The number of benzene rings is 2. The SMILES string of the molecule is O=C(OCc1cncs1)N1CCC(CCOc2ccc(F)cc2-c2ccn[nH]2)CC1.O=C(OCc1cncs1)N1CCC(CCOc2ccc3cc[nH]c3c2)CC1. The zero-order valence-corrected chi connectivity index (χ0v) is 33.2. The summed E-state index contributed by atoms with van der Waals surface area (Å²) in [5.41, 5.74) is 5.94. The number of fused-ring (bicyclic) bond motifs is 1. The molecule has 6 aromatic rings. The van der Waals surface area contributed by atoms with Gasteiger partial charge in [0.05, 0.1) is 39.7 Å². The van der Waals surface area contributed by atoms with Gasteiger partial charge in [0.15, 0.2) is 0 Å². The van der Waals surface area contributed by atoms with Crippen LogP contribution in [0.25, 0.3) is 22.2 Å². The Balaban J connectivity index is 0.000000175. The summed E-state index contributed by atoms with van der Waals surface area (Å²) in [5.74, 6) is 2.27. The fourth-order valence-corrected chi connectivity index (χ4v) is 7.94. The fourth-order valence-electron chi connectivity index (χ4n) is 6.92. The Morgan fingerprint density at radius 2 is 1.40 bits per heavy atom. The number of carbonyl (C=O) groups excluding carboxylic acids is 2. The summed E-state index contributed by atoms with van der Waals surface area (Å²) in [6.07, 6.45) is 12.2. The number of nitrogens with zero attached hydrogens (tertiary/aromatic N) is 5. The van der Waals surface area contributed by atoms with Crippen LogP contribution in [0.1, 0.15) is 48.3 Å². The predicted octanol–water partition coefficient (Wildman–Crippen LogP) is 8.93. The van der Waals surface area contributed by atoms with Crippen LogP contribution in [0.2, 0.25) is 0 Å². The summed E-state index contributed by atoms with van der Waals surface area (Å²) in [6, 6.07) is 14.4. The number of hydrogen-bond donors (Lipinski definition) is 2. The average Bonchev–Trinajstić information content (AvgIpc) is 4.09. The second kappa shape index (κ2) is 20.1. The number of halogens is 1. The molecule has 13 nitrogen and oxygen atoms in total. The molecule has 2 N–H and O–H groups in total. The second-order valence-electron chi connectivity index (χ2n) is 14.0. The quantitative estimate of drug-likeness (QED) is 0.117. The molecule has 0 bridgehead atoms. The molecule has 2 amide bonds. The first-order valence-corrected chi connectivity index (χ1v) is 20.9. The molecule has 8 rings (SSSR count). The molecule has 2 saturated heterocycles. The number of H-pyrrole nitrogens is 2. The van der Waals surface area contributed by atoms with Gasteiger partial charge in [0, 0.05) is 68.1 Å². The molecule has 0 unspecified atom stereocenters. The largest absolute Gasteiger partial charge is 0.494 e. The standard InChI is InChI=1S/C21H23FN4O3S.C20H23N3O3S/c22-16-1-2-20(18(11-16)19-3-7-24-25-19)28-10-6-15-4-8-26(9-5-15)21(27)29-13-17-12-23-14-30-17;24-20(26-13-18-12-21-14-27-18)23-8-4-15(5-9-23)6-10-25-17-2-1-16-3-7-22-19(16)11-17/h1-3,7,11-12,14-15H,4-6,8-10,13H2,(H,24,25);1-3,7,11-12,14-15,22H,4-6,8-10,13H2. The molecule has 16 heteroatoms. The highest BCUT2D eigenvalue weighted by Crippen LogP contribution is 2.30. The Kier molecular flexibility index (Phi) is 14.0. The van der Waals surface area contributed by atoms with Crippen LogP contribution >= 0.6 is 22.7 Å². The van der Waals surface area contributed by atoms with E-state index in [1.807, 2.05) is 18.3 Å². The smallest absolute Gasteiger partial charge is 0.410 e. The van der Waals surface area contributed by atoms with E-state index in [2.05, 4.69) is 37.3 Å². The van der Waals surface area contributed by atoms with Gasteiger partial charge in [-0.25, -0.2) is 14.0 Å². The van der Waals surface area contributed by atoms with Gasteiger partial charge in [-0.15, -0.1) is 22.7 Å². The van der Waals surface area contributed by atoms with Gasteiger partial charge in [0.2, 0.25) is 0 Å². The van der Waals surface area contributed by atoms with E-state index in [1.54, 1.807) is 51.5 Å². The monoisotopic (exact) mass is 815 g/mol. The zero-order chi connectivity index (χ0) is 39.2. The van der Waals surface area contributed by atoms with Crippen molar-refractivity contribution < 1.29 is 32.9 Å². The molecule has 0 saturated carbocycles. The van der Waals surface area contributed by atoms with Crippen LogP contribution in [-0.2, 0) is 22.7 Å². The molecule has 2 aliphatic heterocycles. The van der Waals surface area contributed by atoms with Gasteiger partial charge in [-0.05, 0) is 98.2 Å². The molecule has 0 radical (unpaired) electrons. The summed E-state index contributed by atoms with van der Waals surface area (Å²) in [7, 11) is 0. The minimum Gasteiger partial charge on any atom is -0.494 e. The highest BCUT2D eigenvalue weighted by Gasteiger charge is 2.25. The number of nitrogens with one attached hydrogen (secondary N) is 2. The van der Waals surface area contributed by atoms with Crippen LogP contribution in [-0.4, -0.2) is 86.5 Å². The van der Waals surface area contributed by atoms with Crippen LogP contribution < -0.4 is 9.47 Å². The minimum absolute atomic E-state index is 0.225. The van der Waals surface area contributed by atoms with Gasteiger partial charge in [-0.1, -0.05) is 0 Å². The number of thiazole rings is 2. The topological polar surface area (TPSA) is 148 Å². The summed E-state index contributed by atoms with van der Waals surface area (Å²) in [5, 5.41) is 7.96. The normalized spacial score (nSPS) is 14.9. The number of piperidine rings is 2. The molecule has 2 fully saturated rings. The highest BCUT2D eigenvalue weighted by atomic mass is 32.1. The van der Waals surface area contributed by atoms with Crippen molar-refractivity contribution in [2.24, 2.45) is 11.8 Å². The van der Waals surface area contributed by atoms with Crippen molar-refractivity contribution in [2.75, 3.05) is 39.4 Å². The van der Waals surface area contributed by atoms with Crippen molar-refractivity contribution in [1.82, 2.24) is 34.9 Å². The molecule has 6 heterocycles. The van der Waals surface area contributed by atoms with Gasteiger partial charge < -0.3 is 33.7 Å². The predicted molar refractivity (Wildman–Crippen MR) is 216 cm³/mol. The number of hydrogen-bond acceptors (Lipinski definition) is 11. The van der Waals surface area contributed by atoms with Crippen LogP contribution in [0, 0.1) is 17.7 Å². The first-order chi connectivity index (χ1) is 28.0. The number of aromatic amines is 2. The number of rotatable bonds is 13. The third kappa shape index (κ3) is 11.5. The molecule has 300 valence electrons. The first kappa shape index (κ1) is 39.7. The molecule has 0 spiro atoms. The lowest BCUT2D eigenvalue weighted by Gasteiger charge is -2.31. The molecular weight excluding hydrogens is 770 g/mol. The van der Waals surface area contributed by atoms with Crippen molar-refractivity contribution in [3.05, 3.63) is 99.9 Å². The Labute approximate surface area is 338 Å². The molecule has 0 aliphatic carbocycles. The second-order valence-corrected chi connectivity index (χ2v) is 16.0. The van der Waals surface area contributed by atoms with E-state index >= 15 is 0 Å².